The maximum absolute atomic E-state index is 13.2. The van der Waals surface area contributed by atoms with Crippen LogP contribution < -0.4 is 4.90 Å². The third kappa shape index (κ3) is 4.03. The number of nitrogens with zero attached hydrogens (tertiary/aromatic N) is 3. The van der Waals surface area contributed by atoms with Crippen molar-refractivity contribution in [3.05, 3.63) is 46.5 Å². The molecule has 1 fully saturated rings. The van der Waals surface area contributed by atoms with Gasteiger partial charge in [-0.25, -0.2) is 8.42 Å². The van der Waals surface area contributed by atoms with Gasteiger partial charge in [0.2, 0.25) is 0 Å². The van der Waals surface area contributed by atoms with Crippen LogP contribution in [0.15, 0.2) is 41.0 Å². The smallest absolute Gasteiger partial charge is 0.271 e. The van der Waals surface area contributed by atoms with E-state index in [2.05, 4.69) is 18.7 Å². The van der Waals surface area contributed by atoms with E-state index >= 15 is 0 Å². The molecule has 30 heavy (non-hydrogen) atoms. The number of amides is 2. The van der Waals surface area contributed by atoms with Gasteiger partial charge in [0.15, 0.2) is 9.84 Å². The summed E-state index contributed by atoms with van der Waals surface area (Å²) in [5.74, 6) is -1.58. The molecule has 0 spiro atoms. The SMILES string of the molecule is CCN(CC)c1ccc(/C=C2/C(=O)N(C3CCS(=O)(=O)C3)C(=O)C(C#N)=C2C)cc1. The van der Waals surface area contributed by atoms with Crippen molar-refractivity contribution in [2.75, 3.05) is 29.5 Å². The van der Waals surface area contributed by atoms with Crippen LogP contribution >= 0.6 is 0 Å². The normalized spacial score (nSPS) is 22.5. The summed E-state index contributed by atoms with van der Waals surface area (Å²) in [5.41, 5.74) is 2.27. The average Bonchev–Trinajstić information content (AvgIpc) is 3.07. The minimum Gasteiger partial charge on any atom is -0.372 e. The average molecular weight is 428 g/mol. The van der Waals surface area contributed by atoms with E-state index in [4.69, 9.17) is 0 Å². The van der Waals surface area contributed by atoms with Crippen LogP contribution in [0.2, 0.25) is 0 Å². The zero-order valence-electron chi connectivity index (χ0n) is 17.4. The number of imide groups is 1. The number of carbonyl (C=O) groups is 2. The van der Waals surface area contributed by atoms with E-state index in [-0.39, 0.29) is 29.1 Å². The minimum absolute atomic E-state index is 0.0643. The molecular formula is C22H25N3O4S. The van der Waals surface area contributed by atoms with Crippen molar-refractivity contribution < 1.29 is 18.0 Å². The van der Waals surface area contributed by atoms with Crippen LogP contribution in [0.3, 0.4) is 0 Å². The highest BCUT2D eigenvalue weighted by Gasteiger charge is 2.43. The second-order valence-corrected chi connectivity index (χ2v) is 9.70. The van der Waals surface area contributed by atoms with E-state index in [0.717, 1.165) is 29.2 Å². The summed E-state index contributed by atoms with van der Waals surface area (Å²) in [4.78, 5) is 29.1. The topological polar surface area (TPSA) is 98.6 Å². The number of rotatable bonds is 5. The summed E-state index contributed by atoms with van der Waals surface area (Å²) in [7, 11) is -3.29. The van der Waals surface area contributed by atoms with Crippen LogP contribution in [0, 0.1) is 11.3 Å². The van der Waals surface area contributed by atoms with E-state index in [9.17, 15) is 23.3 Å². The third-order valence-corrected chi connectivity index (χ3v) is 7.43. The zero-order valence-corrected chi connectivity index (χ0v) is 18.2. The van der Waals surface area contributed by atoms with Crippen LogP contribution in [0.5, 0.6) is 0 Å². The summed E-state index contributed by atoms with van der Waals surface area (Å²) in [5, 5.41) is 9.50. The fourth-order valence-electron chi connectivity index (χ4n) is 3.95. The highest BCUT2D eigenvalue weighted by atomic mass is 32.2. The second kappa shape index (κ2) is 8.44. The van der Waals surface area contributed by atoms with Gasteiger partial charge in [0.1, 0.15) is 11.6 Å². The van der Waals surface area contributed by atoms with Crippen molar-refractivity contribution in [1.82, 2.24) is 4.90 Å². The van der Waals surface area contributed by atoms with Crippen molar-refractivity contribution in [2.45, 2.75) is 33.2 Å². The summed E-state index contributed by atoms with van der Waals surface area (Å²) >= 11 is 0. The number of benzene rings is 1. The molecule has 0 N–H and O–H groups in total. The number of nitriles is 1. The lowest BCUT2D eigenvalue weighted by molar-refractivity contribution is -0.142. The predicted octanol–water partition coefficient (Wildman–Crippen LogP) is 2.31. The second-order valence-electron chi connectivity index (χ2n) is 7.47. The van der Waals surface area contributed by atoms with Crippen molar-refractivity contribution in [3.63, 3.8) is 0 Å². The van der Waals surface area contributed by atoms with Crippen molar-refractivity contribution in [3.8, 4) is 6.07 Å². The monoisotopic (exact) mass is 427 g/mol. The maximum atomic E-state index is 13.2. The van der Waals surface area contributed by atoms with Crippen molar-refractivity contribution in [1.29, 1.82) is 5.26 Å². The molecule has 1 atom stereocenters. The van der Waals surface area contributed by atoms with E-state index in [0.29, 0.717) is 5.57 Å². The molecule has 2 amide bonds. The molecule has 0 aromatic heterocycles. The fraction of sp³-hybridized carbons (Fsp3) is 0.409. The Bertz CT molecular complexity index is 1070. The number of hydrogen-bond donors (Lipinski definition) is 0. The van der Waals surface area contributed by atoms with Gasteiger partial charge in [-0.1, -0.05) is 12.1 Å². The number of carbonyl (C=O) groups excluding carboxylic acids is 2. The van der Waals surface area contributed by atoms with Gasteiger partial charge in [0.25, 0.3) is 11.8 Å². The molecule has 2 aliphatic rings. The molecule has 2 aliphatic heterocycles. The van der Waals surface area contributed by atoms with E-state index in [1.807, 2.05) is 30.3 Å². The quantitative estimate of drug-likeness (QED) is 0.528. The first kappa shape index (κ1) is 21.8. The first-order chi connectivity index (χ1) is 14.2. The summed E-state index contributed by atoms with van der Waals surface area (Å²) < 4.78 is 23.8. The highest BCUT2D eigenvalue weighted by molar-refractivity contribution is 7.91. The Morgan fingerprint density at radius 2 is 1.80 bits per heavy atom. The van der Waals surface area contributed by atoms with Gasteiger partial charge >= 0.3 is 0 Å². The Morgan fingerprint density at radius 3 is 2.30 bits per heavy atom. The summed E-state index contributed by atoms with van der Waals surface area (Å²) in [6.07, 6.45) is 1.85. The molecule has 7 nitrogen and oxygen atoms in total. The van der Waals surface area contributed by atoms with Gasteiger partial charge in [-0.15, -0.1) is 0 Å². The Balaban J connectivity index is 2.00. The molecule has 1 unspecified atom stereocenters. The molecule has 158 valence electrons. The van der Waals surface area contributed by atoms with E-state index in [1.54, 1.807) is 13.0 Å². The van der Waals surface area contributed by atoms with Crippen molar-refractivity contribution in [2.24, 2.45) is 0 Å². The maximum Gasteiger partial charge on any atom is 0.271 e. The van der Waals surface area contributed by atoms with Gasteiger partial charge < -0.3 is 4.90 Å². The Labute approximate surface area is 177 Å². The number of anilines is 1. The van der Waals surface area contributed by atoms with Crippen LogP contribution in [-0.2, 0) is 19.4 Å². The zero-order chi connectivity index (χ0) is 22.1. The molecule has 1 saturated heterocycles. The lowest BCUT2D eigenvalue weighted by atomic mass is 9.92. The fourth-order valence-corrected chi connectivity index (χ4v) is 5.65. The third-order valence-electron chi connectivity index (χ3n) is 5.68. The lowest BCUT2D eigenvalue weighted by Crippen LogP contribution is -2.49. The predicted molar refractivity (Wildman–Crippen MR) is 115 cm³/mol. The number of sulfone groups is 1. The van der Waals surface area contributed by atoms with E-state index in [1.165, 1.54) is 0 Å². The molecule has 0 saturated carbocycles. The molecule has 0 bridgehead atoms. The standard InChI is InChI=1S/C22H25N3O4S/c1-4-24(5-2)17-8-6-16(7-9-17)12-19-15(3)20(13-23)22(27)25(21(19)26)18-10-11-30(28,29)14-18/h6-9,12,18H,4-5,10-11,14H2,1-3H3/b19-12+. The molecule has 3 rings (SSSR count). The first-order valence-electron chi connectivity index (χ1n) is 9.98. The van der Waals surface area contributed by atoms with Gasteiger partial charge in [-0.3, -0.25) is 14.5 Å². The summed E-state index contributed by atoms with van der Waals surface area (Å²) in [6.45, 7) is 7.49. The van der Waals surface area contributed by atoms with Gasteiger partial charge in [-0.05, 0) is 56.5 Å². The van der Waals surface area contributed by atoms with Gasteiger partial charge in [0, 0.05) is 24.4 Å². The largest absolute Gasteiger partial charge is 0.372 e. The minimum atomic E-state index is -3.29. The summed E-state index contributed by atoms with van der Waals surface area (Å²) in [6, 6.07) is 8.85. The van der Waals surface area contributed by atoms with E-state index < -0.39 is 27.7 Å². The van der Waals surface area contributed by atoms with Crippen LogP contribution in [0.4, 0.5) is 5.69 Å². The van der Waals surface area contributed by atoms with Crippen molar-refractivity contribution >= 4 is 33.4 Å². The molecular weight excluding hydrogens is 402 g/mol. The highest BCUT2D eigenvalue weighted by Crippen LogP contribution is 2.31. The molecule has 2 heterocycles. The molecule has 8 heteroatoms. The van der Waals surface area contributed by atoms with Gasteiger partial charge in [0.05, 0.1) is 17.5 Å². The van der Waals surface area contributed by atoms with Crippen LogP contribution in [0.25, 0.3) is 6.08 Å². The lowest BCUT2D eigenvalue weighted by Gasteiger charge is -2.31. The Hall–Kier alpha value is -2.92. The van der Waals surface area contributed by atoms with Gasteiger partial charge in [-0.2, -0.15) is 5.26 Å². The molecule has 0 radical (unpaired) electrons. The van der Waals surface area contributed by atoms with Crippen LogP contribution in [0.1, 0.15) is 32.8 Å². The molecule has 0 aliphatic carbocycles. The number of hydrogen-bond acceptors (Lipinski definition) is 6. The molecule has 1 aromatic rings. The molecule has 1 aromatic carbocycles. The Morgan fingerprint density at radius 1 is 1.17 bits per heavy atom. The Kier molecular flexibility index (Phi) is 6.13. The first-order valence-corrected chi connectivity index (χ1v) is 11.8. The van der Waals surface area contributed by atoms with Crippen LogP contribution in [-0.4, -0.2) is 55.8 Å².